The van der Waals surface area contributed by atoms with E-state index in [1.807, 2.05) is 12.1 Å². The molecule has 1 saturated carbocycles. The Balaban J connectivity index is 1.86. The van der Waals surface area contributed by atoms with Gasteiger partial charge in [0, 0.05) is 37.2 Å². The molecule has 0 unspecified atom stereocenters. The summed E-state index contributed by atoms with van der Waals surface area (Å²) in [5.41, 5.74) is 0.933. The molecule has 1 aliphatic carbocycles. The third-order valence-electron chi connectivity index (χ3n) is 4.58. The van der Waals surface area contributed by atoms with Gasteiger partial charge in [0.1, 0.15) is 0 Å². The van der Waals surface area contributed by atoms with Crippen molar-refractivity contribution in [3.63, 3.8) is 0 Å². The quantitative estimate of drug-likeness (QED) is 0.848. The van der Waals surface area contributed by atoms with Crippen molar-refractivity contribution in [2.24, 2.45) is 11.8 Å². The van der Waals surface area contributed by atoms with Gasteiger partial charge in [-0.05, 0) is 49.0 Å². The number of nitrogens with zero attached hydrogens (tertiary/aromatic N) is 1. The standard InChI is InChI=1S/C19H25ClN2O2/c1-13-12-15(19(24)22(2)3)7-10-17(13)21-18(23)11-6-14-4-8-16(20)9-5-14/h4-6,8-9,11,13,15,17H,7,10,12H2,1-3H3,(H,21,23)/b11-6+/t13-,15+,17+/m1/s1. The second kappa shape index (κ2) is 8.34. The highest BCUT2D eigenvalue weighted by atomic mass is 35.5. The van der Waals surface area contributed by atoms with E-state index in [-0.39, 0.29) is 23.8 Å². The Kier molecular flexibility index (Phi) is 6.44. The van der Waals surface area contributed by atoms with E-state index < -0.39 is 0 Å². The monoisotopic (exact) mass is 348 g/mol. The Bertz CT molecular complexity index is 610. The van der Waals surface area contributed by atoms with Crippen molar-refractivity contribution in [1.82, 2.24) is 10.2 Å². The van der Waals surface area contributed by atoms with E-state index in [1.165, 1.54) is 0 Å². The fourth-order valence-electron chi connectivity index (χ4n) is 3.18. The fraction of sp³-hybridized carbons (Fsp3) is 0.474. The summed E-state index contributed by atoms with van der Waals surface area (Å²) in [6.07, 6.45) is 5.81. The molecule has 3 atom stereocenters. The molecule has 1 aromatic rings. The van der Waals surface area contributed by atoms with E-state index in [0.717, 1.165) is 24.8 Å². The zero-order valence-corrected chi connectivity index (χ0v) is 15.2. The van der Waals surface area contributed by atoms with Crippen LogP contribution in [0.15, 0.2) is 30.3 Å². The number of hydrogen-bond acceptors (Lipinski definition) is 2. The highest BCUT2D eigenvalue weighted by Gasteiger charge is 2.32. The summed E-state index contributed by atoms with van der Waals surface area (Å²) in [6.45, 7) is 2.10. The van der Waals surface area contributed by atoms with Crippen LogP contribution < -0.4 is 5.32 Å². The molecule has 130 valence electrons. The first-order valence-electron chi connectivity index (χ1n) is 8.32. The van der Waals surface area contributed by atoms with Gasteiger partial charge in [0.15, 0.2) is 0 Å². The average molecular weight is 349 g/mol. The first-order valence-corrected chi connectivity index (χ1v) is 8.70. The van der Waals surface area contributed by atoms with Crippen LogP contribution in [-0.2, 0) is 9.59 Å². The van der Waals surface area contributed by atoms with E-state index in [1.54, 1.807) is 43.3 Å². The number of hydrogen-bond donors (Lipinski definition) is 1. The number of benzene rings is 1. The SMILES string of the molecule is C[C@@H]1C[C@@H](C(=O)N(C)C)CC[C@@H]1NC(=O)/C=C/c1ccc(Cl)cc1. The summed E-state index contributed by atoms with van der Waals surface area (Å²) in [6, 6.07) is 7.45. The Hall–Kier alpha value is -1.81. The van der Waals surface area contributed by atoms with Crippen LogP contribution in [0.4, 0.5) is 0 Å². The Morgan fingerprint density at radius 3 is 2.46 bits per heavy atom. The lowest BCUT2D eigenvalue weighted by Crippen LogP contribution is -2.44. The topological polar surface area (TPSA) is 49.4 Å². The molecule has 0 spiro atoms. The van der Waals surface area contributed by atoms with Crippen molar-refractivity contribution in [2.45, 2.75) is 32.2 Å². The molecule has 0 heterocycles. The second-order valence-electron chi connectivity index (χ2n) is 6.72. The normalized spacial score (nSPS) is 23.9. The zero-order chi connectivity index (χ0) is 17.7. The van der Waals surface area contributed by atoms with Crippen LogP contribution in [0.3, 0.4) is 0 Å². The molecule has 1 aliphatic rings. The Morgan fingerprint density at radius 2 is 1.88 bits per heavy atom. The van der Waals surface area contributed by atoms with Crippen molar-refractivity contribution in [1.29, 1.82) is 0 Å². The van der Waals surface area contributed by atoms with Crippen molar-refractivity contribution in [2.75, 3.05) is 14.1 Å². The smallest absolute Gasteiger partial charge is 0.244 e. The largest absolute Gasteiger partial charge is 0.350 e. The van der Waals surface area contributed by atoms with Crippen LogP contribution in [0.1, 0.15) is 31.7 Å². The molecule has 0 aliphatic heterocycles. The third-order valence-corrected chi connectivity index (χ3v) is 4.84. The lowest BCUT2D eigenvalue weighted by molar-refractivity contribution is -0.134. The summed E-state index contributed by atoms with van der Waals surface area (Å²) in [5.74, 6) is 0.460. The molecule has 0 aromatic heterocycles. The van der Waals surface area contributed by atoms with Crippen LogP contribution in [0.5, 0.6) is 0 Å². The van der Waals surface area contributed by atoms with Gasteiger partial charge in [0.2, 0.25) is 11.8 Å². The lowest BCUT2D eigenvalue weighted by Gasteiger charge is -2.34. The molecule has 2 rings (SSSR count). The highest BCUT2D eigenvalue weighted by Crippen LogP contribution is 2.30. The first kappa shape index (κ1) is 18.5. The van der Waals surface area contributed by atoms with E-state index >= 15 is 0 Å². The van der Waals surface area contributed by atoms with Gasteiger partial charge >= 0.3 is 0 Å². The van der Waals surface area contributed by atoms with E-state index in [0.29, 0.717) is 10.9 Å². The molecule has 0 saturated heterocycles. The maximum atomic E-state index is 12.1. The Labute approximate surface area is 148 Å². The van der Waals surface area contributed by atoms with Crippen molar-refractivity contribution >= 4 is 29.5 Å². The maximum Gasteiger partial charge on any atom is 0.244 e. The lowest BCUT2D eigenvalue weighted by atomic mass is 9.78. The van der Waals surface area contributed by atoms with Crippen LogP contribution in [0.25, 0.3) is 6.08 Å². The maximum absolute atomic E-state index is 12.1. The molecule has 0 bridgehead atoms. The molecule has 4 nitrogen and oxygen atoms in total. The molecule has 0 radical (unpaired) electrons. The highest BCUT2D eigenvalue weighted by molar-refractivity contribution is 6.30. The number of rotatable bonds is 4. The number of carbonyl (C=O) groups excluding carboxylic acids is 2. The summed E-state index contributed by atoms with van der Waals surface area (Å²) in [4.78, 5) is 25.9. The zero-order valence-electron chi connectivity index (χ0n) is 14.5. The van der Waals surface area contributed by atoms with Gasteiger partial charge in [-0.25, -0.2) is 0 Å². The number of amides is 2. The number of carbonyl (C=O) groups is 2. The van der Waals surface area contributed by atoms with Crippen LogP contribution in [-0.4, -0.2) is 36.9 Å². The van der Waals surface area contributed by atoms with Gasteiger partial charge in [-0.1, -0.05) is 30.7 Å². The van der Waals surface area contributed by atoms with E-state index in [2.05, 4.69) is 12.2 Å². The van der Waals surface area contributed by atoms with E-state index in [9.17, 15) is 9.59 Å². The van der Waals surface area contributed by atoms with Gasteiger partial charge < -0.3 is 10.2 Å². The van der Waals surface area contributed by atoms with Gasteiger partial charge in [-0.3, -0.25) is 9.59 Å². The predicted molar refractivity (Wildman–Crippen MR) is 97.6 cm³/mol. The van der Waals surface area contributed by atoms with Gasteiger partial charge in [-0.2, -0.15) is 0 Å². The van der Waals surface area contributed by atoms with Gasteiger partial charge in [0.05, 0.1) is 0 Å². The summed E-state index contributed by atoms with van der Waals surface area (Å²) in [5, 5.41) is 3.74. The van der Waals surface area contributed by atoms with Gasteiger partial charge in [-0.15, -0.1) is 0 Å². The predicted octanol–water partition coefficient (Wildman–Crippen LogP) is 3.36. The number of nitrogens with one attached hydrogen (secondary N) is 1. The molecular weight excluding hydrogens is 324 g/mol. The minimum absolute atomic E-state index is 0.0766. The van der Waals surface area contributed by atoms with Crippen LogP contribution >= 0.6 is 11.6 Å². The number of halogens is 1. The molecular formula is C19H25ClN2O2. The van der Waals surface area contributed by atoms with Crippen molar-refractivity contribution < 1.29 is 9.59 Å². The minimum Gasteiger partial charge on any atom is -0.350 e. The first-order chi connectivity index (χ1) is 11.4. The molecule has 5 heteroatoms. The van der Waals surface area contributed by atoms with Crippen LogP contribution in [0, 0.1) is 11.8 Å². The Morgan fingerprint density at radius 1 is 1.21 bits per heavy atom. The molecule has 2 amide bonds. The molecule has 1 aromatic carbocycles. The van der Waals surface area contributed by atoms with E-state index in [4.69, 9.17) is 11.6 Å². The third kappa shape index (κ3) is 5.10. The van der Waals surface area contributed by atoms with Gasteiger partial charge in [0.25, 0.3) is 0 Å². The molecule has 24 heavy (non-hydrogen) atoms. The second-order valence-corrected chi connectivity index (χ2v) is 7.16. The van der Waals surface area contributed by atoms with Crippen molar-refractivity contribution in [3.8, 4) is 0 Å². The average Bonchev–Trinajstić information content (AvgIpc) is 2.55. The summed E-state index contributed by atoms with van der Waals surface area (Å²) < 4.78 is 0. The molecule has 1 N–H and O–H groups in total. The minimum atomic E-state index is -0.0980. The van der Waals surface area contributed by atoms with Crippen molar-refractivity contribution in [3.05, 3.63) is 40.9 Å². The summed E-state index contributed by atoms with van der Waals surface area (Å²) >= 11 is 5.84. The van der Waals surface area contributed by atoms with Crippen LogP contribution in [0.2, 0.25) is 5.02 Å². The fourth-order valence-corrected chi connectivity index (χ4v) is 3.30. The summed E-state index contributed by atoms with van der Waals surface area (Å²) in [7, 11) is 3.59. The molecule has 1 fully saturated rings.